The first-order valence-corrected chi connectivity index (χ1v) is 3.57. The largest absolute Gasteiger partial charge is 0.481 e. The summed E-state index contributed by atoms with van der Waals surface area (Å²) in [6.45, 7) is 0. The van der Waals surface area contributed by atoms with E-state index in [0.717, 1.165) is 12.8 Å². The van der Waals surface area contributed by atoms with E-state index >= 15 is 0 Å². The molecular weight excluding hydrogens is 132 g/mol. The van der Waals surface area contributed by atoms with Crippen LogP contribution in [0, 0.1) is 0 Å². The number of hydrogen-bond acceptors (Lipinski definition) is 2. The average Bonchev–Trinajstić information content (AvgIpc) is 2.12. The molecule has 58 valence electrons. The summed E-state index contributed by atoms with van der Waals surface area (Å²) in [6.07, 6.45) is 3.14. The van der Waals surface area contributed by atoms with Crippen molar-refractivity contribution in [1.29, 1.82) is 0 Å². The van der Waals surface area contributed by atoms with Gasteiger partial charge in [0.05, 0.1) is 12.0 Å². The van der Waals surface area contributed by atoms with Crippen LogP contribution in [0.2, 0.25) is 0 Å². The molecule has 0 unspecified atom stereocenters. The van der Waals surface area contributed by atoms with E-state index in [4.69, 9.17) is 5.11 Å². The summed E-state index contributed by atoms with van der Waals surface area (Å²) in [6, 6.07) is 0. The lowest BCUT2D eigenvalue weighted by molar-refractivity contribution is -0.142. The molecule has 2 N–H and O–H groups in total. The molecule has 0 spiro atoms. The van der Waals surface area contributed by atoms with E-state index in [9.17, 15) is 9.90 Å². The number of hydrogen-bond donors (Lipinski definition) is 2. The van der Waals surface area contributed by atoms with Gasteiger partial charge >= 0.3 is 5.97 Å². The summed E-state index contributed by atoms with van der Waals surface area (Å²) >= 11 is 0. The van der Waals surface area contributed by atoms with Crippen molar-refractivity contribution in [2.45, 2.75) is 37.7 Å². The molecule has 0 heterocycles. The molecule has 1 rings (SSSR count). The summed E-state index contributed by atoms with van der Waals surface area (Å²) < 4.78 is 0. The molecule has 0 aliphatic heterocycles. The number of carboxylic acids is 1. The first-order valence-electron chi connectivity index (χ1n) is 3.57. The van der Waals surface area contributed by atoms with Crippen LogP contribution in [-0.4, -0.2) is 21.8 Å². The quantitative estimate of drug-likeness (QED) is 0.601. The number of carboxylic acid groups (broad SMARTS) is 1. The second kappa shape index (κ2) is 2.58. The van der Waals surface area contributed by atoms with Crippen molar-refractivity contribution >= 4 is 5.97 Å². The maximum Gasteiger partial charge on any atom is 0.306 e. The second-order valence-corrected chi connectivity index (χ2v) is 3.00. The van der Waals surface area contributed by atoms with Crippen molar-refractivity contribution < 1.29 is 15.0 Å². The lowest BCUT2D eigenvalue weighted by Crippen LogP contribution is -2.27. The van der Waals surface area contributed by atoms with Crippen LogP contribution in [0.5, 0.6) is 0 Å². The molecule has 0 aromatic heterocycles. The number of rotatable bonds is 2. The van der Waals surface area contributed by atoms with Gasteiger partial charge in [-0.3, -0.25) is 4.79 Å². The molecule has 0 amide bonds. The number of aliphatic hydroxyl groups is 1. The molecule has 3 nitrogen and oxygen atoms in total. The van der Waals surface area contributed by atoms with Gasteiger partial charge in [0.15, 0.2) is 0 Å². The summed E-state index contributed by atoms with van der Waals surface area (Å²) in [5.74, 6) is -0.899. The highest BCUT2D eigenvalue weighted by Crippen LogP contribution is 2.31. The Labute approximate surface area is 59.7 Å². The van der Waals surface area contributed by atoms with Gasteiger partial charge in [-0.05, 0) is 12.8 Å². The van der Waals surface area contributed by atoms with Crippen LogP contribution in [0.25, 0.3) is 0 Å². The minimum Gasteiger partial charge on any atom is -0.481 e. The number of carbonyl (C=O) groups is 1. The van der Waals surface area contributed by atoms with E-state index in [1.807, 2.05) is 0 Å². The minimum absolute atomic E-state index is 0.0903. The number of aliphatic carboxylic acids is 1. The van der Waals surface area contributed by atoms with Crippen LogP contribution in [0.1, 0.15) is 32.1 Å². The highest BCUT2D eigenvalue weighted by atomic mass is 16.4. The van der Waals surface area contributed by atoms with E-state index in [1.165, 1.54) is 0 Å². The van der Waals surface area contributed by atoms with Gasteiger partial charge < -0.3 is 10.2 Å². The van der Waals surface area contributed by atoms with E-state index in [-0.39, 0.29) is 6.42 Å². The highest BCUT2D eigenvalue weighted by molar-refractivity contribution is 5.68. The van der Waals surface area contributed by atoms with Crippen molar-refractivity contribution in [3.63, 3.8) is 0 Å². The molecule has 1 saturated carbocycles. The van der Waals surface area contributed by atoms with Crippen LogP contribution in [0.3, 0.4) is 0 Å². The van der Waals surface area contributed by atoms with Gasteiger partial charge in [-0.25, -0.2) is 0 Å². The second-order valence-electron chi connectivity index (χ2n) is 3.00. The molecule has 0 bridgehead atoms. The standard InChI is InChI=1S/C7H12O3/c8-6(9)5-7(10)3-1-2-4-7/h10H,1-5H2,(H,8,9). The van der Waals surface area contributed by atoms with Crippen LogP contribution in [0.4, 0.5) is 0 Å². The zero-order valence-corrected chi connectivity index (χ0v) is 5.84. The Balaban J connectivity index is 2.43. The van der Waals surface area contributed by atoms with Crippen molar-refractivity contribution in [1.82, 2.24) is 0 Å². The Morgan fingerprint density at radius 1 is 1.40 bits per heavy atom. The molecule has 0 aromatic rings. The van der Waals surface area contributed by atoms with Crippen LogP contribution in [0.15, 0.2) is 0 Å². The van der Waals surface area contributed by atoms with E-state index < -0.39 is 11.6 Å². The van der Waals surface area contributed by atoms with Gasteiger partial charge in [-0.1, -0.05) is 12.8 Å². The molecule has 1 aliphatic rings. The Kier molecular flexibility index (Phi) is 1.94. The normalized spacial score (nSPS) is 22.9. The Bertz CT molecular complexity index is 136. The van der Waals surface area contributed by atoms with Crippen LogP contribution in [-0.2, 0) is 4.79 Å². The van der Waals surface area contributed by atoms with E-state index in [2.05, 4.69) is 0 Å². The van der Waals surface area contributed by atoms with Crippen LogP contribution < -0.4 is 0 Å². The Morgan fingerprint density at radius 3 is 2.30 bits per heavy atom. The van der Waals surface area contributed by atoms with Gasteiger partial charge in [-0.2, -0.15) is 0 Å². The van der Waals surface area contributed by atoms with Gasteiger partial charge in [0.25, 0.3) is 0 Å². The van der Waals surface area contributed by atoms with Gasteiger partial charge in [0.2, 0.25) is 0 Å². The van der Waals surface area contributed by atoms with E-state index in [1.54, 1.807) is 0 Å². The zero-order chi connectivity index (χ0) is 7.61. The third-order valence-corrected chi connectivity index (χ3v) is 2.01. The summed E-state index contributed by atoms with van der Waals surface area (Å²) in [7, 11) is 0. The maximum atomic E-state index is 10.2. The van der Waals surface area contributed by atoms with Gasteiger partial charge in [0, 0.05) is 0 Å². The smallest absolute Gasteiger partial charge is 0.306 e. The average molecular weight is 144 g/mol. The van der Waals surface area contributed by atoms with Crippen molar-refractivity contribution in [2.75, 3.05) is 0 Å². The fourth-order valence-corrected chi connectivity index (χ4v) is 1.49. The molecule has 3 heteroatoms. The van der Waals surface area contributed by atoms with Crippen molar-refractivity contribution in [3.8, 4) is 0 Å². The summed E-state index contributed by atoms with van der Waals surface area (Å²) in [4.78, 5) is 10.2. The molecule has 1 fully saturated rings. The molecule has 0 atom stereocenters. The third kappa shape index (κ3) is 1.70. The molecule has 0 aromatic carbocycles. The molecule has 0 saturated heterocycles. The molecular formula is C7H12O3. The summed E-state index contributed by atoms with van der Waals surface area (Å²) in [5, 5.41) is 17.9. The molecule has 1 aliphatic carbocycles. The SMILES string of the molecule is O=C(O)CC1(O)CCCC1. The highest BCUT2D eigenvalue weighted by Gasteiger charge is 2.33. The van der Waals surface area contributed by atoms with Crippen LogP contribution >= 0.6 is 0 Å². The van der Waals surface area contributed by atoms with Gasteiger partial charge in [0.1, 0.15) is 0 Å². The monoisotopic (exact) mass is 144 g/mol. The van der Waals surface area contributed by atoms with Crippen molar-refractivity contribution in [3.05, 3.63) is 0 Å². The minimum atomic E-state index is -0.899. The third-order valence-electron chi connectivity index (χ3n) is 2.01. The Hall–Kier alpha value is -0.570. The molecule has 10 heavy (non-hydrogen) atoms. The Morgan fingerprint density at radius 2 is 1.90 bits per heavy atom. The fraction of sp³-hybridized carbons (Fsp3) is 0.857. The van der Waals surface area contributed by atoms with E-state index in [0.29, 0.717) is 12.8 Å². The lowest BCUT2D eigenvalue weighted by atomic mass is 9.98. The molecule has 0 radical (unpaired) electrons. The topological polar surface area (TPSA) is 57.5 Å². The fourth-order valence-electron chi connectivity index (χ4n) is 1.49. The lowest BCUT2D eigenvalue weighted by Gasteiger charge is -2.18. The predicted octanol–water partition coefficient (Wildman–Crippen LogP) is 0.766. The summed E-state index contributed by atoms with van der Waals surface area (Å²) in [5.41, 5.74) is -0.883. The zero-order valence-electron chi connectivity index (χ0n) is 5.84. The van der Waals surface area contributed by atoms with Gasteiger partial charge in [-0.15, -0.1) is 0 Å². The first-order chi connectivity index (χ1) is 4.62. The first kappa shape index (κ1) is 7.54. The van der Waals surface area contributed by atoms with Crippen molar-refractivity contribution in [2.24, 2.45) is 0 Å². The maximum absolute atomic E-state index is 10.2. The predicted molar refractivity (Wildman–Crippen MR) is 35.7 cm³/mol.